The first-order valence-electron chi connectivity index (χ1n) is 13.9. The monoisotopic (exact) mass is 538 g/mol. The van der Waals surface area contributed by atoms with Crippen molar-refractivity contribution in [3.05, 3.63) is 52.4 Å². The summed E-state index contributed by atoms with van der Waals surface area (Å²) in [6.07, 6.45) is 6.49. The molecule has 3 atom stereocenters. The molecule has 2 aliphatic rings. The van der Waals surface area contributed by atoms with Gasteiger partial charge >= 0.3 is 0 Å². The van der Waals surface area contributed by atoms with Crippen LogP contribution in [0.3, 0.4) is 0 Å². The van der Waals surface area contributed by atoms with Crippen molar-refractivity contribution in [2.45, 2.75) is 59.9 Å². The van der Waals surface area contributed by atoms with E-state index in [1.165, 1.54) is 19.3 Å². The SMILES string of the molecule is C=S(=O)(CCC)NCCn1c(=O)c(-c2ccccc2C)cc2cnc(NN3CC4CCCC4C3)nc21.CC. The number of rotatable bonds is 9. The number of nitrogens with zero attached hydrogens (tertiary/aromatic N) is 4. The average Bonchev–Trinajstić information content (AvgIpc) is 3.49. The van der Waals surface area contributed by atoms with Crippen molar-refractivity contribution in [2.75, 3.05) is 30.8 Å². The zero-order valence-corrected chi connectivity index (χ0v) is 24.0. The third-order valence-electron chi connectivity index (χ3n) is 7.48. The minimum absolute atomic E-state index is 0.120. The molecule has 2 aromatic heterocycles. The molecule has 0 amide bonds. The maximum atomic E-state index is 13.8. The zero-order chi connectivity index (χ0) is 27.3. The number of benzene rings is 1. The Bertz CT molecular complexity index is 1410. The number of nitrogens with one attached hydrogen (secondary N) is 2. The first-order valence-corrected chi connectivity index (χ1v) is 15.8. The molecule has 38 heavy (non-hydrogen) atoms. The lowest BCUT2D eigenvalue weighted by Crippen LogP contribution is -2.33. The Labute approximate surface area is 227 Å². The van der Waals surface area contributed by atoms with E-state index in [0.717, 1.165) is 47.9 Å². The second-order valence-corrected chi connectivity index (χ2v) is 12.5. The van der Waals surface area contributed by atoms with Gasteiger partial charge in [0, 0.05) is 58.8 Å². The molecule has 1 aliphatic heterocycles. The van der Waals surface area contributed by atoms with Gasteiger partial charge in [0.15, 0.2) is 0 Å². The maximum Gasteiger partial charge on any atom is 0.260 e. The Morgan fingerprint density at radius 3 is 2.53 bits per heavy atom. The smallest absolute Gasteiger partial charge is 0.260 e. The standard InChI is InChI=1S/C27H36N6O2S.C2H6/c1-4-14-36(3,35)29-12-13-33-25-22(15-24(26(33)34)23-11-6-5-8-19(23)2)16-28-27(30-25)31-32-17-20-9-7-10-21(20)18-32;1-2/h5-6,8,11,15-16,20-21H,3-4,7,9-10,12-14,17-18H2,1-2H3,(H,29,35)(H,28,30,31);1-2H3. The second kappa shape index (κ2) is 12.4. The Kier molecular flexibility index (Phi) is 9.23. The van der Waals surface area contributed by atoms with Crippen molar-refractivity contribution in [3.8, 4) is 11.1 Å². The van der Waals surface area contributed by atoms with Crippen molar-refractivity contribution < 1.29 is 4.21 Å². The summed E-state index contributed by atoms with van der Waals surface area (Å²) in [6.45, 7) is 10.7. The second-order valence-electron chi connectivity index (χ2n) is 10.2. The summed E-state index contributed by atoms with van der Waals surface area (Å²) in [5.41, 5.74) is 6.37. The van der Waals surface area contributed by atoms with Gasteiger partial charge in [-0.15, -0.1) is 0 Å². The fourth-order valence-corrected chi connectivity index (χ4v) is 6.97. The molecular weight excluding hydrogens is 496 g/mol. The first kappa shape index (κ1) is 28.3. The lowest BCUT2D eigenvalue weighted by atomic mass is 10.0. The molecule has 1 aromatic carbocycles. The molecular formula is C29H42N6O2S. The number of pyridine rings is 1. The van der Waals surface area contributed by atoms with Gasteiger partial charge in [-0.25, -0.2) is 14.7 Å². The summed E-state index contributed by atoms with van der Waals surface area (Å²) in [7, 11) is -2.39. The minimum Gasteiger partial charge on any atom is -0.291 e. The summed E-state index contributed by atoms with van der Waals surface area (Å²) in [5, 5.41) is 3.00. The Hall–Kier alpha value is -2.75. The molecule has 1 aliphatic carbocycles. The highest BCUT2D eigenvalue weighted by Gasteiger charge is 2.36. The van der Waals surface area contributed by atoms with Crippen molar-refractivity contribution in [3.63, 3.8) is 0 Å². The number of aryl methyl sites for hydroxylation is 1. The molecule has 3 heterocycles. The molecule has 8 nitrogen and oxygen atoms in total. The average molecular weight is 539 g/mol. The Balaban J connectivity index is 0.00000164. The van der Waals surface area contributed by atoms with E-state index < -0.39 is 9.71 Å². The molecule has 206 valence electrons. The van der Waals surface area contributed by atoms with Crippen LogP contribution in [0, 0.1) is 18.8 Å². The largest absolute Gasteiger partial charge is 0.291 e. The molecule has 9 heteroatoms. The predicted molar refractivity (Wildman–Crippen MR) is 160 cm³/mol. The fourth-order valence-electron chi connectivity index (χ4n) is 5.70. The quantitative estimate of drug-likeness (QED) is 0.390. The number of anilines is 1. The summed E-state index contributed by atoms with van der Waals surface area (Å²) in [5.74, 6) is 6.33. The normalized spacial score (nSPS) is 20.5. The van der Waals surface area contributed by atoms with Crippen LogP contribution in [0.2, 0.25) is 0 Å². The van der Waals surface area contributed by atoms with Crippen LogP contribution in [-0.2, 0) is 16.3 Å². The molecule has 0 bridgehead atoms. The van der Waals surface area contributed by atoms with E-state index in [0.29, 0.717) is 36.0 Å². The number of hydrazine groups is 1. The number of aromatic nitrogens is 3. The summed E-state index contributed by atoms with van der Waals surface area (Å²) >= 11 is 0. The van der Waals surface area contributed by atoms with E-state index in [1.54, 1.807) is 10.8 Å². The lowest BCUT2D eigenvalue weighted by molar-refractivity contribution is 0.369. The molecule has 3 aromatic rings. The molecule has 1 saturated carbocycles. The lowest BCUT2D eigenvalue weighted by Gasteiger charge is -2.19. The van der Waals surface area contributed by atoms with Crippen LogP contribution in [0.15, 0.2) is 41.3 Å². The van der Waals surface area contributed by atoms with Crippen LogP contribution in [0.25, 0.3) is 22.2 Å². The molecule has 5 rings (SSSR count). The first-order chi connectivity index (χ1) is 18.3. The van der Waals surface area contributed by atoms with E-state index in [4.69, 9.17) is 4.98 Å². The Morgan fingerprint density at radius 1 is 1.13 bits per heavy atom. The van der Waals surface area contributed by atoms with Crippen molar-refractivity contribution in [1.29, 1.82) is 0 Å². The van der Waals surface area contributed by atoms with E-state index in [-0.39, 0.29) is 5.56 Å². The Morgan fingerprint density at radius 2 is 1.84 bits per heavy atom. The third-order valence-corrected chi connectivity index (χ3v) is 9.28. The third kappa shape index (κ3) is 6.27. The highest BCUT2D eigenvalue weighted by molar-refractivity contribution is 7.98. The highest BCUT2D eigenvalue weighted by Crippen LogP contribution is 2.37. The van der Waals surface area contributed by atoms with Crippen LogP contribution in [-0.4, -0.2) is 55.0 Å². The van der Waals surface area contributed by atoms with Gasteiger partial charge in [0.25, 0.3) is 5.56 Å². The van der Waals surface area contributed by atoms with Crippen LogP contribution < -0.4 is 15.7 Å². The van der Waals surface area contributed by atoms with Gasteiger partial charge in [-0.2, -0.15) is 4.98 Å². The molecule has 2 fully saturated rings. The van der Waals surface area contributed by atoms with Crippen molar-refractivity contribution >= 4 is 32.6 Å². The summed E-state index contributed by atoms with van der Waals surface area (Å²) in [6, 6.07) is 9.76. The summed E-state index contributed by atoms with van der Waals surface area (Å²) < 4.78 is 17.4. The molecule has 2 N–H and O–H groups in total. The predicted octanol–water partition coefficient (Wildman–Crippen LogP) is 4.48. The van der Waals surface area contributed by atoms with Crippen molar-refractivity contribution in [1.82, 2.24) is 24.3 Å². The maximum absolute atomic E-state index is 13.8. The number of hydrogen-bond acceptors (Lipinski definition) is 6. The number of hydrogen-bond donors (Lipinski definition) is 2. The minimum atomic E-state index is -2.39. The summed E-state index contributed by atoms with van der Waals surface area (Å²) in [4.78, 5) is 23.1. The van der Waals surface area contributed by atoms with Gasteiger partial charge in [-0.05, 0) is 61.1 Å². The van der Waals surface area contributed by atoms with Gasteiger partial charge in [-0.1, -0.05) is 51.5 Å². The van der Waals surface area contributed by atoms with Gasteiger partial charge in [0.2, 0.25) is 5.95 Å². The van der Waals surface area contributed by atoms with E-state index in [1.807, 2.05) is 58.0 Å². The van der Waals surface area contributed by atoms with Crippen LogP contribution >= 0.6 is 0 Å². The van der Waals surface area contributed by atoms with E-state index in [2.05, 4.69) is 26.0 Å². The van der Waals surface area contributed by atoms with Crippen LogP contribution in [0.4, 0.5) is 5.95 Å². The number of fused-ring (bicyclic) bond motifs is 2. The van der Waals surface area contributed by atoms with Crippen LogP contribution in [0.5, 0.6) is 0 Å². The van der Waals surface area contributed by atoms with Crippen LogP contribution in [0.1, 0.15) is 52.0 Å². The fraction of sp³-hybridized carbons (Fsp3) is 0.517. The molecule has 3 unspecified atom stereocenters. The van der Waals surface area contributed by atoms with Gasteiger partial charge in [0.05, 0.1) is 0 Å². The van der Waals surface area contributed by atoms with Gasteiger partial charge in [-0.3, -0.25) is 19.0 Å². The van der Waals surface area contributed by atoms with Gasteiger partial charge < -0.3 is 0 Å². The molecule has 0 spiro atoms. The van der Waals surface area contributed by atoms with E-state index >= 15 is 0 Å². The van der Waals surface area contributed by atoms with Crippen molar-refractivity contribution in [2.24, 2.45) is 11.8 Å². The highest BCUT2D eigenvalue weighted by atomic mass is 32.2. The molecule has 1 saturated heterocycles. The van der Waals surface area contributed by atoms with Gasteiger partial charge in [0.1, 0.15) is 5.65 Å². The van der Waals surface area contributed by atoms with E-state index in [9.17, 15) is 9.00 Å². The topological polar surface area (TPSA) is 92.1 Å². The zero-order valence-electron chi connectivity index (χ0n) is 23.2. The molecule has 0 radical (unpaired) electrons.